The number of nitrogens with one attached hydrogen (secondary N) is 1. The van der Waals surface area contributed by atoms with E-state index >= 15 is 0 Å². The summed E-state index contributed by atoms with van der Waals surface area (Å²) in [6, 6.07) is 9.44. The van der Waals surface area contributed by atoms with E-state index in [2.05, 4.69) is 11.4 Å². The van der Waals surface area contributed by atoms with Gasteiger partial charge in [0.1, 0.15) is 0 Å². The zero-order chi connectivity index (χ0) is 15.0. The first-order valence-electron chi connectivity index (χ1n) is 6.74. The third-order valence-corrected chi connectivity index (χ3v) is 6.22. The molecule has 0 bridgehead atoms. The number of rotatable bonds is 4. The zero-order valence-corrected chi connectivity index (χ0v) is 14.0. The number of thiophene rings is 1. The lowest BCUT2D eigenvalue weighted by Gasteiger charge is -2.13. The Labute approximate surface area is 133 Å². The molecule has 1 heterocycles. The summed E-state index contributed by atoms with van der Waals surface area (Å²) < 4.78 is 23.7. The van der Waals surface area contributed by atoms with E-state index in [1.165, 1.54) is 16.7 Å². The SMILES string of the molecule is CS(=O)(=O)c1ccc(CNC2CCc3sc(Cl)cc32)cc1. The van der Waals surface area contributed by atoms with Crippen molar-refractivity contribution in [2.45, 2.75) is 30.3 Å². The Hall–Kier alpha value is -0.880. The average molecular weight is 342 g/mol. The van der Waals surface area contributed by atoms with Crippen molar-refractivity contribution < 1.29 is 8.42 Å². The fourth-order valence-corrected chi connectivity index (χ4v) is 4.63. The van der Waals surface area contributed by atoms with Crippen molar-refractivity contribution in [2.75, 3.05) is 6.26 Å². The molecular formula is C15H16ClNO2S2. The molecule has 1 unspecified atom stereocenters. The van der Waals surface area contributed by atoms with Gasteiger partial charge in [-0.15, -0.1) is 11.3 Å². The molecule has 0 amide bonds. The lowest BCUT2D eigenvalue weighted by atomic mass is 10.1. The smallest absolute Gasteiger partial charge is 0.175 e. The summed E-state index contributed by atoms with van der Waals surface area (Å²) >= 11 is 7.72. The molecule has 0 saturated heterocycles. The van der Waals surface area contributed by atoms with Crippen molar-refractivity contribution in [1.82, 2.24) is 5.32 Å². The van der Waals surface area contributed by atoms with Crippen molar-refractivity contribution in [1.29, 1.82) is 0 Å². The Morgan fingerprint density at radius 2 is 2.05 bits per heavy atom. The molecule has 1 atom stereocenters. The highest BCUT2D eigenvalue weighted by atomic mass is 35.5. The molecule has 0 radical (unpaired) electrons. The first kappa shape index (κ1) is 15.0. The fraction of sp³-hybridized carbons (Fsp3) is 0.333. The third-order valence-electron chi connectivity index (χ3n) is 3.75. The quantitative estimate of drug-likeness (QED) is 0.924. The highest BCUT2D eigenvalue weighted by Gasteiger charge is 2.24. The van der Waals surface area contributed by atoms with Gasteiger partial charge in [0.25, 0.3) is 0 Å². The van der Waals surface area contributed by atoms with Gasteiger partial charge in [-0.3, -0.25) is 0 Å². The summed E-state index contributed by atoms with van der Waals surface area (Å²) in [6.07, 6.45) is 3.40. The molecule has 21 heavy (non-hydrogen) atoms. The maximum atomic E-state index is 11.4. The Kier molecular flexibility index (Phi) is 4.10. The first-order valence-corrected chi connectivity index (χ1v) is 9.82. The summed E-state index contributed by atoms with van der Waals surface area (Å²) in [6.45, 7) is 0.724. The number of benzene rings is 1. The summed E-state index contributed by atoms with van der Waals surface area (Å²) in [5.41, 5.74) is 2.40. The van der Waals surface area contributed by atoms with Gasteiger partial charge in [0, 0.05) is 23.7 Å². The standard InChI is InChI=1S/C15H16ClNO2S2/c1-21(18,19)11-4-2-10(3-5-11)9-17-13-6-7-14-12(13)8-15(16)20-14/h2-5,8,13,17H,6-7,9H2,1H3. The van der Waals surface area contributed by atoms with E-state index in [1.54, 1.807) is 23.5 Å². The van der Waals surface area contributed by atoms with Crippen molar-refractivity contribution in [3.63, 3.8) is 0 Å². The third kappa shape index (κ3) is 3.31. The van der Waals surface area contributed by atoms with Crippen LogP contribution in [0.25, 0.3) is 0 Å². The molecule has 1 aromatic heterocycles. The van der Waals surface area contributed by atoms with Gasteiger partial charge in [-0.25, -0.2) is 8.42 Å². The van der Waals surface area contributed by atoms with Gasteiger partial charge in [-0.1, -0.05) is 23.7 Å². The first-order chi connectivity index (χ1) is 9.93. The van der Waals surface area contributed by atoms with Crippen LogP contribution in [0, 0.1) is 0 Å². The highest BCUT2D eigenvalue weighted by molar-refractivity contribution is 7.90. The maximum Gasteiger partial charge on any atom is 0.175 e. The van der Waals surface area contributed by atoms with Gasteiger partial charge in [-0.05, 0) is 42.2 Å². The van der Waals surface area contributed by atoms with Crippen molar-refractivity contribution in [3.8, 4) is 0 Å². The molecular weight excluding hydrogens is 326 g/mol. The number of aryl methyl sites for hydroxylation is 1. The van der Waals surface area contributed by atoms with E-state index in [1.807, 2.05) is 12.1 Å². The molecule has 1 aliphatic carbocycles. The van der Waals surface area contributed by atoms with Crippen LogP contribution in [0.2, 0.25) is 4.34 Å². The second kappa shape index (κ2) is 5.72. The second-order valence-electron chi connectivity index (χ2n) is 5.32. The van der Waals surface area contributed by atoms with Gasteiger partial charge >= 0.3 is 0 Å². The molecule has 0 fully saturated rings. The normalized spacial score (nSPS) is 17.9. The maximum absolute atomic E-state index is 11.4. The van der Waals surface area contributed by atoms with Crippen LogP contribution >= 0.6 is 22.9 Å². The molecule has 1 aliphatic rings. The van der Waals surface area contributed by atoms with Crippen LogP contribution in [0.15, 0.2) is 35.2 Å². The van der Waals surface area contributed by atoms with Crippen LogP contribution in [0.5, 0.6) is 0 Å². The van der Waals surface area contributed by atoms with Gasteiger partial charge in [-0.2, -0.15) is 0 Å². The average Bonchev–Trinajstić information content (AvgIpc) is 2.95. The Morgan fingerprint density at radius 1 is 1.33 bits per heavy atom. The predicted molar refractivity (Wildman–Crippen MR) is 86.8 cm³/mol. The number of sulfone groups is 1. The van der Waals surface area contributed by atoms with Crippen LogP contribution < -0.4 is 5.32 Å². The van der Waals surface area contributed by atoms with Gasteiger partial charge < -0.3 is 5.32 Å². The lowest BCUT2D eigenvalue weighted by molar-refractivity contribution is 0.530. The van der Waals surface area contributed by atoms with Crippen LogP contribution in [-0.2, 0) is 22.8 Å². The van der Waals surface area contributed by atoms with Crippen molar-refractivity contribution >= 4 is 32.8 Å². The van der Waals surface area contributed by atoms with Crippen molar-refractivity contribution in [3.05, 3.63) is 50.7 Å². The van der Waals surface area contributed by atoms with E-state index in [0.29, 0.717) is 10.9 Å². The van der Waals surface area contributed by atoms with E-state index in [9.17, 15) is 8.42 Å². The molecule has 1 aromatic carbocycles. The predicted octanol–water partition coefficient (Wildman–Crippen LogP) is 3.58. The Balaban J connectivity index is 1.66. The van der Waals surface area contributed by atoms with E-state index in [-0.39, 0.29) is 0 Å². The number of halogens is 1. The van der Waals surface area contributed by atoms with Crippen LogP contribution in [0.4, 0.5) is 0 Å². The molecule has 0 aliphatic heterocycles. The topological polar surface area (TPSA) is 46.2 Å². The monoisotopic (exact) mass is 341 g/mol. The minimum Gasteiger partial charge on any atom is -0.306 e. The number of hydrogen-bond donors (Lipinski definition) is 1. The zero-order valence-electron chi connectivity index (χ0n) is 11.6. The number of fused-ring (bicyclic) bond motifs is 1. The fourth-order valence-electron chi connectivity index (χ4n) is 2.64. The Bertz CT molecular complexity index is 750. The van der Waals surface area contributed by atoms with E-state index in [4.69, 9.17) is 11.6 Å². The van der Waals surface area contributed by atoms with Gasteiger partial charge in [0.15, 0.2) is 9.84 Å². The lowest BCUT2D eigenvalue weighted by Crippen LogP contribution is -2.18. The second-order valence-corrected chi connectivity index (χ2v) is 9.10. The van der Waals surface area contributed by atoms with E-state index in [0.717, 1.165) is 29.3 Å². The molecule has 3 rings (SSSR count). The van der Waals surface area contributed by atoms with Crippen LogP contribution in [0.3, 0.4) is 0 Å². The summed E-state index contributed by atoms with van der Waals surface area (Å²) in [7, 11) is -3.12. The molecule has 0 spiro atoms. The molecule has 6 heteroatoms. The molecule has 0 saturated carbocycles. The molecule has 1 N–H and O–H groups in total. The van der Waals surface area contributed by atoms with Gasteiger partial charge in [0.05, 0.1) is 9.23 Å². The molecule has 3 nitrogen and oxygen atoms in total. The Morgan fingerprint density at radius 3 is 2.71 bits per heavy atom. The highest BCUT2D eigenvalue weighted by Crippen LogP contribution is 2.39. The van der Waals surface area contributed by atoms with Crippen LogP contribution in [0.1, 0.15) is 28.5 Å². The molecule has 2 aromatic rings. The van der Waals surface area contributed by atoms with E-state index < -0.39 is 9.84 Å². The summed E-state index contributed by atoms with van der Waals surface area (Å²) in [5.74, 6) is 0. The minimum absolute atomic E-state index is 0.346. The van der Waals surface area contributed by atoms with Crippen molar-refractivity contribution in [2.24, 2.45) is 0 Å². The number of hydrogen-bond acceptors (Lipinski definition) is 4. The van der Waals surface area contributed by atoms with Crippen LogP contribution in [-0.4, -0.2) is 14.7 Å². The summed E-state index contributed by atoms with van der Waals surface area (Å²) in [4.78, 5) is 1.74. The minimum atomic E-state index is -3.12. The largest absolute Gasteiger partial charge is 0.306 e. The molecule has 112 valence electrons. The van der Waals surface area contributed by atoms with Gasteiger partial charge in [0.2, 0.25) is 0 Å². The summed E-state index contributed by atoms with van der Waals surface area (Å²) in [5, 5.41) is 3.52.